The molecule has 4 heterocycles. The number of carbonyl (C=O) groups excluding carboxylic acids is 1. The van der Waals surface area contributed by atoms with E-state index < -0.39 is 12.0 Å². The zero-order valence-electron chi connectivity index (χ0n) is 15.2. The first-order valence-electron chi connectivity index (χ1n) is 9.34. The summed E-state index contributed by atoms with van der Waals surface area (Å²) in [7, 11) is 0. The minimum absolute atomic E-state index is 0.0158. The molecule has 28 heavy (non-hydrogen) atoms. The molecule has 8 nitrogen and oxygen atoms in total. The average molecular weight is 398 g/mol. The number of anilines is 1. The largest absolute Gasteiger partial charge is 0.453 e. The van der Waals surface area contributed by atoms with E-state index in [1.165, 1.54) is 6.07 Å². The van der Waals surface area contributed by atoms with Crippen LogP contribution in [0.15, 0.2) is 12.1 Å². The van der Waals surface area contributed by atoms with Crippen molar-refractivity contribution in [2.24, 2.45) is 5.92 Å². The predicted molar refractivity (Wildman–Crippen MR) is 92.7 cm³/mol. The summed E-state index contributed by atoms with van der Waals surface area (Å²) in [4.78, 5) is 14.5. The molecule has 1 N–H and O–H groups in total. The van der Waals surface area contributed by atoms with E-state index in [1.54, 1.807) is 6.07 Å². The van der Waals surface area contributed by atoms with E-state index in [0.717, 1.165) is 25.7 Å². The highest BCUT2D eigenvalue weighted by atomic mass is 19.4. The van der Waals surface area contributed by atoms with Crippen LogP contribution in [0.25, 0.3) is 5.65 Å². The van der Waals surface area contributed by atoms with Gasteiger partial charge in [0.25, 0.3) is 5.82 Å². The van der Waals surface area contributed by atoms with E-state index in [-0.39, 0.29) is 23.5 Å². The highest BCUT2D eigenvalue weighted by Gasteiger charge is 2.38. The zero-order chi connectivity index (χ0) is 19.7. The standard InChI is InChI=1S/C17H21F3N6O2/c18-17(19,20)16-23-22-13-3-4-14(24-26(13)16)25-7-1-2-11(10-25)15(27)21-12-5-8-28-9-6-12/h3-4,11-12H,1-2,5-10H2,(H,21,27). The van der Waals surface area contributed by atoms with Crippen molar-refractivity contribution in [3.05, 3.63) is 18.0 Å². The van der Waals surface area contributed by atoms with Gasteiger partial charge in [-0.15, -0.1) is 15.3 Å². The number of ether oxygens (including phenoxy) is 1. The van der Waals surface area contributed by atoms with Crippen LogP contribution in [0, 0.1) is 5.92 Å². The number of piperidine rings is 1. The fourth-order valence-corrected chi connectivity index (χ4v) is 3.68. The molecule has 1 amide bonds. The maximum absolute atomic E-state index is 13.1. The van der Waals surface area contributed by atoms with Gasteiger partial charge in [0.15, 0.2) is 5.65 Å². The number of fused-ring (bicyclic) bond motifs is 1. The van der Waals surface area contributed by atoms with Gasteiger partial charge >= 0.3 is 6.18 Å². The molecule has 1 atom stereocenters. The molecule has 0 spiro atoms. The van der Waals surface area contributed by atoms with Crippen molar-refractivity contribution < 1.29 is 22.7 Å². The molecule has 0 radical (unpaired) electrons. The number of rotatable bonds is 3. The highest BCUT2D eigenvalue weighted by molar-refractivity contribution is 5.79. The summed E-state index contributed by atoms with van der Waals surface area (Å²) >= 11 is 0. The second kappa shape index (κ2) is 7.53. The van der Waals surface area contributed by atoms with Gasteiger partial charge in [-0.05, 0) is 37.8 Å². The first kappa shape index (κ1) is 18.9. The molecule has 2 aromatic heterocycles. The molecule has 0 aromatic carbocycles. The minimum atomic E-state index is -4.64. The van der Waals surface area contributed by atoms with Gasteiger partial charge in [0.2, 0.25) is 5.91 Å². The fourth-order valence-electron chi connectivity index (χ4n) is 3.68. The summed E-state index contributed by atoms with van der Waals surface area (Å²) in [6, 6.07) is 3.19. The van der Waals surface area contributed by atoms with E-state index in [4.69, 9.17) is 4.74 Å². The van der Waals surface area contributed by atoms with Gasteiger partial charge in [-0.1, -0.05) is 0 Å². The van der Waals surface area contributed by atoms with Crippen LogP contribution in [-0.4, -0.2) is 58.1 Å². The molecule has 4 rings (SSSR count). The Morgan fingerprint density at radius 3 is 2.71 bits per heavy atom. The maximum atomic E-state index is 13.1. The maximum Gasteiger partial charge on any atom is 0.453 e. The monoisotopic (exact) mass is 398 g/mol. The lowest BCUT2D eigenvalue weighted by Gasteiger charge is -2.34. The smallest absolute Gasteiger partial charge is 0.381 e. The van der Waals surface area contributed by atoms with Gasteiger partial charge in [-0.2, -0.15) is 17.7 Å². The fraction of sp³-hybridized carbons (Fsp3) is 0.647. The molecular weight excluding hydrogens is 377 g/mol. The number of aromatic nitrogens is 4. The summed E-state index contributed by atoms with van der Waals surface area (Å²) < 4.78 is 45.2. The Kier molecular flexibility index (Phi) is 5.09. The molecule has 2 aliphatic heterocycles. The van der Waals surface area contributed by atoms with Crippen LogP contribution in [0.2, 0.25) is 0 Å². The highest BCUT2D eigenvalue weighted by Crippen LogP contribution is 2.28. The van der Waals surface area contributed by atoms with Gasteiger partial charge < -0.3 is 15.0 Å². The third-order valence-electron chi connectivity index (χ3n) is 5.19. The number of halogens is 3. The number of carbonyl (C=O) groups is 1. The molecule has 1 unspecified atom stereocenters. The second-order valence-corrected chi connectivity index (χ2v) is 7.16. The predicted octanol–water partition coefficient (Wildman–Crippen LogP) is 1.65. The number of nitrogens with one attached hydrogen (secondary N) is 1. The lowest BCUT2D eigenvalue weighted by atomic mass is 9.96. The van der Waals surface area contributed by atoms with Crippen molar-refractivity contribution in [2.75, 3.05) is 31.2 Å². The molecule has 0 aliphatic carbocycles. The Balaban J connectivity index is 1.48. The molecule has 0 saturated carbocycles. The molecule has 2 aliphatic rings. The normalized spacial score (nSPS) is 21.8. The quantitative estimate of drug-likeness (QED) is 0.847. The first-order valence-corrected chi connectivity index (χ1v) is 9.34. The molecule has 11 heteroatoms. The summed E-state index contributed by atoms with van der Waals surface area (Å²) in [6.45, 7) is 2.33. The molecule has 152 valence electrons. The van der Waals surface area contributed by atoms with Gasteiger partial charge in [-0.25, -0.2) is 0 Å². The van der Waals surface area contributed by atoms with Crippen molar-refractivity contribution in [1.29, 1.82) is 0 Å². The summed E-state index contributed by atoms with van der Waals surface area (Å²) in [5.74, 6) is -1.02. The van der Waals surface area contributed by atoms with Crippen LogP contribution in [0.4, 0.5) is 19.0 Å². The van der Waals surface area contributed by atoms with Crippen LogP contribution < -0.4 is 10.2 Å². The van der Waals surface area contributed by atoms with E-state index in [2.05, 4.69) is 20.6 Å². The van der Waals surface area contributed by atoms with E-state index >= 15 is 0 Å². The second-order valence-electron chi connectivity index (χ2n) is 7.16. The Hall–Kier alpha value is -2.43. The van der Waals surface area contributed by atoms with Crippen molar-refractivity contribution >= 4 is 17.4 Å². The van der Waals surface area contributed by atoms with Crippen molar-refractivity contribution in [2.45, 2.75) is 37.9 Å². The summed E-state index contributed by atoms with van der Waals surface area (Å²) in [5.41, 5.74) is 0.0295. The van der Waals surface area contributed by atoms with E-state index in [9.17, 15) is 18.0 Å². The van der Waals surface area contributed by atoms with Gasteiger partial charge in [0, 0.05) is 32.3 Å². The van der Waals surface area contributed by atoms with E-state index in [0.29, 0.717) is 36.6 Å². The lowest BCUT2D eigenvalue weighted by Crippen LogP contribution is -2.47. The van der Waals surface area contributed by atoms with Crippen LogP contribution >= 0.6 is 0 Å². The summed E-state index contributed by atoms with van der Waals surface area (Å²) in [5, 5.41) is 13.9. The van der Waals surface area contributed by atoms with Crippen LogP contribution in [0.5, 0.6) is 0 Å². The van der Waals surface area contributed by atoms with Crippen LogP contribution in [0.3, 0.4) is 0 Å². The average Bonchev–Trinajstić information content (AvgIpc) is 3.12. The SMILES string of the molecule is O=C(NC1CCOCC1)C1CCCN(c2ccc3nnc(C(F)(F)F)n3n2)C1. The first-order chi connectivity index (χ1) is 13.4. The molecule has 0 bridgehead atoms. The van der Waals surface area contributed by atoms with Gasteiger partial charge in [0.1, 0.15) is 5.82 Å². The molecule has 2 saturated heterocycles. The number of nitrogens with zero attached hydrogens (tertiary/aromatic N) is 5. The third kappa shape index (κ3) is 3.89. The minimum Gasteiger partial charge on any atom is -0.381 e. The molecule has 2 aromatic rings. The van der Waals surface area contributed by atoms with E-state index in [1.807, 2.05) is 4.90 Å². The number of hydrogen-bond acceptors (Lipinski definition) is 6. The molecular formula is C17H21F3N6O2. The van der Waals surface area contributed by atoms with Crippen molar-refractivity contribution in [1.82, 2.24) is 25.1 Å². The number of amides is 1. The van der Waals surface area contributed by atoms with Gasteiger partial charge in [-0.3, -0.25) is 4.79 Å². The lowest BCUT2D eigenvalue weighted by molar-refractivity contribution is -0.146. The number of hydrogen-bond donors (Lipinski definition) is 1. The molecule has 2 fully saturated rings. The van der Waals surface area contributed by atoms with Crippen LogP contribution in [-0.2, 0) is 15.7 Å². The topological polar surface area (TPSA) is 84.6 Å². The Bertz CT molecular complexity index is 849. The zero-order valence-corrected chi connectivity index (χ0v) is 15.2. The summed E-state index contributed by atoms with van der Waals surface area (Å²) in [6.07, 6.45) is -1.53. The van der Waals surface area contributed by atoms with Crippen LogP contribution in [0.1, 0.15) is 31.5 Å². The van der Waals surface area contributed by atoms with Gasteiger partial charge in [0.05, 0.1) is 5.92 Å². The third-order valence-corrected chi connectivity index (χ3v) is 5.19. The Morgan fingerprint density at radius 1 is 1.18 bits per heavy atom. The Labute approximate surface area is 159 Å². The Morgan fingerprint density at radius 2 is 1.96 bits per heavy atom. The van der Waals surface area contributed by atoms with Crippen molar-refractivity contribution in [3.63, 3.8) is 0 Å². The van der Waals surface area contributed by atoms with Crippen molar-refractivity contribution in [3.8, 4) is 0 Å². The number of alkyl halides is 3.